The SMILES string of the molecule is NC1=C[C@H]1CCCCc1ccccc1. The first-order valence-electron chi connectivity index (χ1n) is 5.37. The largest absolute Gasteiger partial charge is 0.402 e. The van der Waals surface area contributed by atoms with E-state index in [4.69, 9.17) is 5.73 Å². The zero-order chi connectivity index (χ0) is 9.80. The van der Waals surface area contributed by atoms with Gasteiger partial charge in [0.1, 0.15) is 0 Å². The Morgan fingerprint density at radius 3 is 2.43 bits per heavy atom. The van der Waals surface area contributed by atoms with E-state index in [2.05, 4.69) is 36.4 Å². The highest BCUT2D eigenvalue weighted by Gasteiger charge is 2.19. The molecule has 1 aromatic carbocycles. The molecule has 0 aliphatic heterocycles. The van der Waals surface area contributed by atoms with Crippen molar-refractivity contribution in [2.45, 2.75) is 25.7 Å². The van der Waals surface area contributed by atoms with Gasteiger partial charge in [-0.1, -0.05) is 42.8 Å². The molecule has 0 bridgehead atoms. The lowest BCUT2D eigenvalue weighted by molar-refractivity contribution is 0.643. The molecule has 0 unspecified atom stereocenters. The van der Waals surface area contributed by atoms with Crippen LogP contribution in [0.5, 0.6) is 0 Å². The predicted octanol–water partition coefficient (Wildman–Crippen LogP) is 2.87. The Bertz CT molecular complexity index is 313. The number of benzene rings is 1. The van der Waals surface area contributed by atoms with Gasteiger partial charge in [-0.2, -0.15) is 0 Å². The van der Waals surface area contributed by atoms with Gasteiger partial charge in [0.25, 0.3) is 0 Å². The second-order valence-corrected chi connectivity index (χ2v) is 4.00. The summed E-state index contributed by atoms with van der Waals surface area (Å²) in [5.74, 6) is 0.644. The van der Waals surface area contributed by atoms with Crippen LogP contribution in [0.15, 0.2) is 42.1 Å². The van der Waals surface area contributed by atoms with E-state index in [1.807, 2.05) is 0 Å². The summed E-state index contributed by atoms with van der Waals surface area (Å²) in [5, 5.41) is 0. The Hall–Kier alpha value is -1.24. The number of hydrogen-bond acceptors (Lipinski definition) is 1. The maximum atomic E-state index is 5.62. The van der Waals surface area contributed by atoms with Crippen LogP contribution in [-0.2, 0) is 6.42 Å². The molecule has 1 aromatic rings. The third-order valence-corrected chi connectivity index (χ3v) is 2.79. The molecule has 0 saturated heterocycles. The summed E-state index contributed by atoms with van der Waals surface area (Å²) in [4.78, 5) is 0. The third kappa shape index (κ3) is 2.63. The smallest absolute Gasteiger partial charge is 0.0181 e. The molecule has 0 radical (unpaired) electrons. The molecule has 1 heteroatoms. The monoisotopic (exact) mass is 187 g/mol. The molecular weight excluding hydrogens is 170 g/mol. The zero-order valence-electron chi connectivity index (χ0n) is 8.45. The standard InChI is InChI=1S/C13H17N/c14-13-10-12(13)9-5-4-8-11-6-2-1-3-7-11/h1-3,6-7,10,12H,4-5,8-9,14H2/t12-/m1/s1. The lowest BCUT2D eigenvalue weighted by atomic mass is 10.1. The van der Waals surface area contributed by atoms with Crippen LogP contribution in [0.25, 0.3) is 0 Å². The number of allylic oxidation sites excluding steroid dienone is 2. The van der Waals surface area contributed by atoms with E-state index in [9.17, 15) is 0 Å². The van der Waals surface area contributed by atoms with Crippen molar-refractivity contribution >= 4 is 0 Å². The van der Waals surface area contributed by atoms with Crippen molar-refractivity contribution in [3.63, 3.8) is 0 Å². The average molecular weight is 187 g/mol. The molecule has 1 atom stereocenters. The van der Waals surface area contributed by atoms with Gasteiger partial charge in [-0.15, -0.1) is 0 Å². The summed E-state index contributed by atoms with van der Waals surface area (Å²) < 4.78 is 0. The molecule has 1 aliphatic carbocycles. The highest BCUT2D eigenvalue weighted by molar-refractivity contribution is 5.25. The van der Waals surface area contributed by atoms with Gasteiger partial charge < -0.3 is 5.73 Å². The van der Waals surface area contributed by atoms with Crippen molar-refractivity contribution in [3.05, 3.63) is 47.7 Å². The molecule has 0 amide bonds. The van der Waals surface area contributed by atoms with Crippen molar-refractivity contribution in [1.29, 1.82) is 0 Å². The van der Waals surface area contributed by atoms with Crippen LogP contribution in [0.2, 0.25) is 0 Å². The Morgan fingerprint density at radius 1 is 1.07 bits per heavy atom. The van der Waals surface area contributed by atoms with Gasteiger partial charge in [0.2, 0.25) is 0 Å². The molecule has 2 N–H and O–H groups in total. The molecular formula is C13H17N. The number of nitrogens with two attached hydrogens (primary N) is 1. The van der Waals surface area contributed by atoms with Crippen LogP contribution in [0.1, 0.15) is 24.8 Å². The van der Waals surface area contributed by atoms with Gasteiger partial charge in [-0.3, -0.25) is 0 Å². The number of unbranched alkanes of at least 4 members (excludes halogenated alkanes) is 1. The number of rotatable bonds is 5. The average Bonchev–Trinajstić information content (AvgIpc) is 2.91. The minimum atomic E-state index is 0.644. The van der Waals surface area contributed by atoms with Crippen LogP contribution < -0.4 is 5.73 Å². The molecule has 0 fully saturated rings. The molecule has 2 rings (SSSR count). The van der Waals surface area contributed by atoms with Crippen LogP contribution >= 0.6 is 0 Å². The van der Waals surface area contributed by atoms with Crippen molar-refractivity contribution in [3.8, 4) is 0 Å². The van der Waals surface area contributed by atoms with Crippen molar-refractivity contribution in [2.24, 2.45) is 11.7 Å². The third-order valence-electron chi connectivity index (χ3n) is 2.79. The van der Waals surface area contributed by atoms with E-state index in [0.29, 0.717) is 5.92 Å². The van der Waals surface area contributed by atoms with E-state index >= 15 is 0 Å². The van der Waals surface area contributed by atoms with Crippen molar-refractivity contribution in [1.82, 2.24) is 0 Å². The Morgan fingerprint density at radius 2 is 1.79 bits per heavy atom. The molecule has 14 heavy (non-hydrogen) atoms. The summed E-state index contributed by atoms with van der Waals surface area (Å²) in [7, 11) is 0. The first-order chi connectivity index (χ1) is 6.86. The lowest BCUT2D eigenvalue weighted by Gasteiger charge is -2.01. The molecule has 1 aliphatic rings. The van der Waals surface area contributed by atoms with Gasteiger partial charge in [0, 0.05) is 11.6 Å². The highest BCUT2D eigenvalue weighted by atomic mass is 14.7. The van der Waals surface area contributed by atoms with E-state index < -0.39 is 0 Å². The van der Waals surface area contributed by atoms with Gasteiger partial charge in [0.15, 0.2) is 0 Å². The van der Waals surface area contributed by atoms with Gasteiger partial charge in [-0.05, 0) is 24.8 Å². The fourth-order valence-corrected chi connectivity index (χ4v) is 1.77. The van der Waals surface area contributed by atoms with Gasteiger partial charge in [-0.25, -0.2) is 0 Å². The van der Waals surface area contributed by atoms with E-state index in [0.717, 1.165) is 5.70 Å². The summed E-state index contributed by atoms with van der Waals surface area (Å²) in [6.07, 6.45) is 7.17. The Balaban J connectivity index is 1.59. The minimum absolute atomic E-state index is 0.644. The zero-order valence-corrected chi connectivity index (χ0v) is 8.45. The van der Waals surface area contributed by atoms with Crippen LogP contribution in [0, 0.1) is 5.92 Å². The van der Waals surface area contributed by atoms with Crippen LogP contribution in [-0.4, -0.2) is 0 Å². The summed E-state index contributed by atoms with van der Waals surface area (Å²) in [6.45, 7) is 0. The van der Waals surface area contributed by atoms with Gasteiger partial charge >= 0.3 is 0 Å². The summed E-state index contributed by atoms with van der Waals surface area (Å²) in [6, 6.07) is 10.7. The van der Waals surface area contributed by atoms with Crippen LogP contribution in [0.4, 0.5) is 0 Å². The maximum absolute atomic E-state index is 5.62. The molecule has 0 aromatic heterocycles. The summed E-state index contributed by atoms with van der Waals surface area (Å²) >= 11 is 0. The van der Waals surface area contributed by atoms with Crippen molar-refractivity contribution in [2.75, 3.05) is 0 Å². The molecule has 0 saturated carbocycles. The molecule has 0 heterocycles. The van der Waals surface area contributed by atoms with E-state index in [1.165, 1.54) is 31.2 Å². The molecule has 0 spiro atoms. The number of hydrogen-bond donors (Lipinski definition) is 1. The Kier molecular flexibility index (Phi) is 2.87. The highest BCUT2D eigenvalue weighted by Crippen LogP contribution is 2.28. The van der Waals surface area contributed by atoms with E-state index in [-0.39, 0.29) is 0 Å². The normalized spacial score (nSPS) is 19.1. The van der Waals surface area contributed by atoms with E-state index in [1.54, 1.807) is 0 Å². The second kappa shape index (κ2) is 4.32. The number of aryl methyl sites for hydroxylation is 1. The predicted molar refractivity (Wildman–Crippen MR) is 59.8 cm³/mol. The molecule has 74 valence electrons. The first-order valence-corrected chi connectivity index (χ1v) is 5.37. The molecule has 1 nitrogen and oxygen atoms in total. The minimum Gasteiger partial charge on any atom is -0.402 e. The quantitative estimate of drug-likeness (QED) is 0.705. The van der Waals surface area contributed by atoms with Gasteiger partial charge in [0.05, 0.1) is 0 Å². The Labute approximate surface area is 85.6 Å². The maximum Gasteiger partial charge on any atom is 0.0181 e. The van der Waals surface area contributed by atoms with Crippen LogP contribution in [0.3, 0.4) is 0 Å². The van der Waals surface area contributed by atoms with Crippen molar-refractivity contribution < 1.29 is 0 Å². The lowest BCUT2D eigenvalue weighted by Crippen LogP contribution is -1.92. The fraction of sp³-hybridized carbons (Fsp3) is 0.385. The topological polar surface area (TPSA) is 26.0 Å². The first kappa shape index (κ1) is 9.32. The summed E-state index contributed by atoms with van der Waals surface area (Å²) in [5.41, 5.74) is 8.17. The fourth-order valence-electron chi connectivity index (χ4n) is 1.77. The second-order valence-electron chi connectivity index (χ2n) is 4.00.